The van der Waals surface area contributed by atoms with Gasteiger partial charge >= 0.3 is 0 Å². The van der Waals surface area contributed by atoms with Crippen LogP contribution >= 0.6 is 11.8 Å². The van der Waals surface area contributed by atoms with Crippen molar-refractivity contribution in [2.24, 2.45) is 11.8 Å². The number of carbonyl (C=O) groups excluding carboxylic acids is 1. The molecule has 5 nitrogen and oxygen atoms in total. The van der Waals surface area contributed by atoms with Gasteiger partial charge in [-0.1, -0.05) is 39.5 Å². The SMILES string of the molecule is CC(C)c1nc(SCC(=O)N2C[C@H](C)C[C@H](C)C2)n[nH]1. The molecule has 0 spiro atoms. The number of H-pyrrole nitrogens is 1. The van der Waals surface area contributed by atoms with Crippen molar-refractivity contribution < 1.29 is 4.79 Å². The molecule has 0 saturated carbocycles. The monoisotopic (exact) mass is 296 g/mol. The summed E-state index contributed by atoms with van der Waals surface area (Å²) in [5.74, 6) is 3.03. The molecule has 20 heavy (non-hydrogen) atoms. The number of thioether (sulfide) groups is 1. The van der Waals surface area contributed by atoms with Gasteiger partial charge in [-0.3, -0.25) is 9.89 Å². The molecule has 0 aromatic carbocycles. The van der Waals surface area contributed by atoms with Gasteiger partial charge in [0.15, 0.2) is 0 Å². The minimum atomic E-state index is 0.198. The third-order valence-electron chi connectivity index (χ3n) is 3.58. The van der Waals surface area contributed by atoms with E-state index in [1.807, 2.05) is 4.90 Å². The maximum atomic E-state index is 12.2. The Kier molecular flexibility index (Phi) is 5.07. The number of nitrogens with zero attached hydrogens (tertiary/aromatic N) is 3. The van der Waals surface area contributed by atoms with Crippen LogP contribution in [0.15, 0.2) is 5.16 Å². The Morgan fingerprint density at radius 2 is 2.05 bits per heavy atom. The van der Waals surface area contributed by atoms with Crippen LogP contribution in [-0.4, -0.2) is 44.8 Å². The van der Waals surface area contributed by atoms with Gasteiger partial charge in [0.1, 0.15) is 5.82 Å². The zero-order valence-electron chi connectivity index (χ0n) is 12.7. The average molecular weight is 296 g/mol. The summed E-state index contributed by atoms with van der Waals surface area (Å²) in [5.41, 5.74) is 0. The number of aromatic nitrogens is 3. The fraction of sp³-hybridized carbons (Fsp3) is 0.786. The van der Waals surface area contributed by atoms with E-state index in [9.17, 15) is 4.79 Å². The summed E-state index contributed by atoms with van der Waals surface area (Å²) >= 11 is 1.42. The Hall–Kier alpha value is -1.04. The molecular formula is C14H24N4OS. The second kappa shape index (κ2) is 6.61. The predicted octanol–water partition coefficient (Wildman–Crippen LogP) is 2.52. The highest BCUT2D eigenvalue weighted by Gasteiger charge is 2.25. The molecule has 1 aliphatic rings. The molecular weight excluding hydrogens is 272 g/mol. The van der Waals surface area contributed by atoms with E-state index in [2.05, 4.69) is 42.9 Å². The van der Waals surface area contributed by atoms with Crippen molar-refractivity contribution in [3.8, 4) is 0 Å². The molecule has 0 bridgehead atoms. The molecule has 0 aliphatic carbocycles. The van der Waals surface area contributed by atoms with Crippen molar-refractivity contribution in [2.45, 2.75) is 45.2 Å². The van der Waals surface area contributed by atoms with Crippen molar-refractivity contribution in [3.05, 3.63) is 5.82 Å². The number of piperidine rings is 1. The van der Waals surface area contributed by atoms with E-state index < -0.39 is 0 Å². The molecule has 2 heterocycles. The summed E-state index contributed by atoms with van der Waals surface area (Å²) < 4.78 is 0. The van der Waals surface area contributed by atoms with E-state index in [0.29, 0.717) is 28.7 Å². The molecule has 2 atom stereocenters. The number of likely N-dealkylation sites (tertiary alicyclic amines) is 1. The molecule has 1 aromatic rings. The molecule has 1 aromatic heterocycles. The van der Waals surface area contributed by atoms with Crippen molar-refractivity contribution in [3.63, 3.8) is 0 Å². The molecule has 0 unspecified atom stereocenters. The maximum absolute atomic E-state index is 12.2. The third-order valence-corrected chi connectivity index (χ3v) is 4.41. The van der Waals surface area contributed by atoms with Crippen LogP contribution in [0.2, 0.25) is 0 Å². The van der Waals surface area contributed by atoms with Gasteiger partial charge in [0.05, 0.1) is 5.75 Å². The molecule has 6 heteroatoms. The maximum Gasteiger partial charge on any atom is 0.233 e. The standard InChI is InChI=1S/C14H24N4OS/c1-9(2)13-15-14(17-16-13)20-8-12(19)18-6-10(3)5-11(4)7-18/h9-11H,5-8H2,1-4H3,(H,15,16,17)/t10-,11+. The smallest absolute Gasteiger partial charge is 0.233 e. The average Bonchev–Trinajstić information content (AvgIpc) is 2.83. The van der Waals surface area contributed by atoms with Crippen LogP contribution < -0.4 is 0 Å². The number of amides is 1. The molecule has 1 fully saturated rings. The van der Waals surface area contributed by atoms with Gasteiger partial charge in [0.2, 0.25) is 11.1 Å². The summed E-state index contributed by atoms with van der Waals surface area (Å²) in [6.45, 7) is 10.3. The predicted molar refractivity (Wildman–Crippen MR) is 80.7 cm³/mol. The van der Waals surface area contributed by atoms with E-state index in [1.165, 1.54) is 18.2 Å². The number of rotatable bonds is 4. The molecule has 1 saturated heterocycles. The lowest BCUT2D eigenvalue weighted by molar-refractivity contribution is -0.130. The Balaban J connectivity index is 1.85. The molecule has 2 rings (SSSR count). The van der Waals surface area contributed by atoms with Gasteiger partial charge in [-0.2, -0.15) is 0 Å². The summed E-state index contributed by atoms with van der Waals surface area (Å²) in [4.78, 5) is 18.6. The summed E-state index contributed by atoms with van der Waals surface area (Å²) in [5, 5.41) is 7.72. The van der Waals surface area contributed by atoms with E-state index in [-0.39, 0.29) is 5.91 Å². The fourth-order valence-electron chi connectivity index (χ4n) is 2.67. The van der Waals surface area contributed by atoms with Gasteiger partial charge in [-0.05, 0) is 18.3 Å². The van der Waals surface area contributed by atoms with Gasteiger partial charge in [-0.15, -0.1) is 5.10 Å². The second-order valence-corrected chi connectivity index (χ2v) is 7.13. The van der Waals surface area contributed by atoms with Gasteiger partial charge in [0, 0.05) is 19.0 Å². The lowest BCUT2D eigenvalue weighted by Gasteiger charge is -2.34. The van der Waals surface area contributed by atoms with E-state index in [0.717, 1.165) is 18.9 Å². The molecule has 1 N–H and O–H groups in total. The molecule has 1 amide bonds. The lowest BCUT2D eigenvalue weighted by atomic mass is 9.92. The summed E-state index contributed by atoms with van der Waals surface area (Å²) in [6.07, 6.45) is 1.22. The largest absolute Gasteiger partial charge is 0.341 e. The number of aromatic amines is 1. The van der Waals surface area contributed by atoms with E-state index >= 15 is 0 Å². The number of carbonyl (C=O) groups is 1. The van der Waals surface area contributed by atoms with Crippen LogP contribution in [0.25, 0.3) is 0 Å². The van der Waals surface area contributed by atoms with Crippen molar-refractivity contribution in [1.29, 1.82) is 0 Å². The third kappa shape index (κ3) is 3.98. The lowest BCUT2D eigenvalue weighted by Crippen LogP contribution is -2.43. The first kappa shape index (κ1) is 15.4. The van der Waals surface area contributed by atoms with E-state index in [1.54, 1.807) is 0 Å². The first-order chi connectivity index (χ1) is 9.45. The molecule has 1 aliphatic heterocycles. The Bertz CT molecular complexity index is 450. The van der Waals surface area contributed by atoms with Crippen LogP contribution in [0.1, 0.15) is 45.9 Å². The second-order valence-electron chi connectivity index (χ2n) is 6.19. The van der Waals surface area contributed by atoms with Gasteiger partial charge < -0.3 is 4.90 Å². The fourth-order valence-corrected chi connectivity index (χ4v) is 3.37. The minimum absolute atomic E-state index is 0.198. The normalized spacial score (nSPS) is 23.4. The Morgan fingerprint density at radius 3 is 2.60 bits per heavy atom. The van der Waals surface area contributed by atoms with Crippen molar-refractivity contribution in [1.82, 2.24) is 20.1 Å². The first-order valence-electron chi connectivity index (χ1n) is 7.28. The zero-order chi connectivity index (χ0) is 14.7. The highest BCUT2D eigenvalue weighted by molar-refractivity contribution is 7.99. The van der Waals surface area contributed by atoms with Gasteiger partial charge in [-0.25, -0.2) is 4.98 Å². The van der Waals surface area contributed by atoms with Crippen LogP contribution in [-0.2, 0) is 4.79 Å². The van der Waals surface area contributed by atoms with E-state index in [4.69, 9.17) is 0 Å². The summed E-state index contributed by atoms with van der Waals surface area (Å²) in [6, 6.07) is 0. The Morgan fingerprint density at radius 1 is 1.40 bits per heavy atom. The van der Waals surface area contributed by atoms with Crippen LogP contribution in [0.4, 0.5) is 0 Å². The first-order valence-corrected chi connectivity index (χ1v) is 8.27. The van der Waals surface area contributed by atoms with Crippen LogP contribution in [0.5, 0.6) is 0 Å². The quantitative estimate of drug-likeness (QED) is 0.867. The Labute approximate surface area is 124 Å². The van der Waals surface area contributed by atoms with Crippen molar-refractivity contribution in [2.75, 3.05) is 18.8 Å². The zero-order valence-corrected chi connectivity index (χ0v) is 13.5. The highest BCUT2D eigenvalue weighted by Crippen LogP contribution is 2.22. The van der Waals surface area contributed by atoms with Crippen molar-refractivity contribution >= 4 is 17.7 Å². The minimum Gasteiger partial charge on any atom is -0.341 e. The number of hydrogen-bond acceptors (Lipinski definition) is 4. The number of nitrogens with one attached hydrogen (secondary N) is 1. The topological polar surface area (TPSA) is 61.9 Å². The van der Waals surface area contributed by atoms with Crippen LogP contribution in [0.3, 0.4) is 0 Å². The summed E-state index contributed by atoms with van der Waals surface area (Å²) in [7, 11) is 0. The number of hydrogen-bond donors (Lipinski definition) is 1. The highest BCUT2D eigenvalue weighted by atomic mass is 32.2. The van der Waals surface area contributed by atoms with Crippen LogP contribution in [0, 0.1) is 11.8 Å². The van der Waals surface area contributed by atoms with Gasteiger partial charge in [0.25, 0.3) is 0 Å². The molecule has 112 valence electrons. The molecule has 0 radical (unpaired) electrons.